The molecule has 0 aliphatic heterocycles. The Morgan fingerprint density at radius 1 is 0.281 bits per heavy atom. The summed E-state index contributed by atoms with van der Waals surface area (Å²) in [6.07, 6.45) is 48.7. The largest absolute Gasteiger partial charge is 3.00 e. The van der Waals surface area contributed by atoms with Crippen LogP contribution < -0.4 is 15.3 Å². The molecule has 9 nitrogen and oxygen atoms in total. The second-order valence-electron chi connectivity index (χ2n) is 18.7. The van der Waals surface area contributed by atoms with Crippen molar-refractivity contribution in [3.8, 4) is 0 Å². The number of carbonyl (C=O) groups is 3. The predicted octanol–water partition coefficient (Wildman–Crippen LogP) is 11.5. The van der Waals surface area contributed by atoms with Crippen molar-refractivity contribution >= 4 is 35.3 Å². The van der Waals surface area contributed by atoms with Crippen LogP contribution in [0.25, 0.3) is 0 Å². The van der Waals surface area contributed by atoms with E-state index in [1.807, 2.05) is 0 Å². The fraction of sp³-hybridized carbons (Fsp3) is 0.944. The number of rotatable bonds is 48. The summed E-state index contributed by atoms with van der Waals surface area (Å²) in [6.45, 7) is 6.76. The third-order valence-electron chi connectivity index (χ3n) is 12.2. The van der Waals surface area contributed by atoms with Gasteiger partial charge in [0.1, 0.15) is 0 Å². The Balaban J connectivity index is -0.000000419. The van der Waals surface area contributed by atoms with E-state index in [-0.39, 0.29) is 36.6 Å². The minimum Gasteiger partial charge on any atom is -0.550 e. The van der Waals surface area contributed by atoms with E-state index in [0.717, 1.165) is 57.8 Å². The van der Waals surface area contributed by atoms with E-state index < -0.39 is 36.2 Å². The molecule has 3 N–H and O–H groups in total. The average molecular weight is 925 g/mol. The molecule has 0 aliphatic rings. The van der Waals surface area contributed by atoms with Gasteiger partial charge in [0.15, 0.2) is 0 Å². The molecule has 0 heterocycles. The quantitative estimate of drug-likeness (QED) is 0.0395. The van der Waals surface area contributed by atoms with Crippen LogP contribution >= 0.6 is 0 Å². The van der Waals surface area contributed by atoms with Gasteiger partial charge in [0.05, 0.1) is 18.3 Å². The van der Waals surface area contributed by atoms with Gasteiger partial charge >= 0.3 is 17.4 Å². The molecule has 3 atom stereocenters. The van der Waals surface area contributed by atoms with Crippen molar-refractivity contribution in [2.24, 2.45) is 0 Å². The van der Waals surface area contributed by atoms with Crippen LogP contribution in [0.1, 0.15) is 310 Å². The Kier molecular flexibility index (Phi) is 64.9. The molecule has 0 rings (SSSR count). The molecule has 10 heteroatoms. The number of hydrogen-bond donors (Lipinski definition) is 3. The van der Waals surface area contributed by atoms with E-state index >= 15 is 0 Å². The van der Waals surface area contributed by atoms with Crippen LogP contribution in [0.3, 0.4) is 0 Å². The summed E-state index contributed by atoms with van der Waals surface area (Å²) in [5, 5.41) is 59.5. The summed E-state index contributed by atoms with van der Waals surface area (Å²) < 4.78 is 0. The molecule has 0 aromatic heterocycles. The van der Waals surface area contributed by atoms with Gasteiger partial charge in [-0.15, -0.1) is 0 Å². The van der Waals surface area contributed by atoms with Crippen LogP contribution in [-0.2, 0) is 14.4 Å². The third kappa shape index (κ3) is 69.9. The maximum atomic E-state index is 10.3. The number of carboxylic acid groups (broad SMARTS) is 3. The van der Waals surface area contributed by atoms with Gasteiger partial charge in [0.25, 0.3) is 0 Å². The SMILES string of the molecule is CCCCCCCCCCCCCCC(O)CCC(=O)[O-].CCCCCCCCCCCCCCC(O)CCC(=O)[O-].CCCCCCCCCCCCCCC(O)CCC(=O)[O-].[Al+3]. The van der Waals surface area contributed by atoms with Crippen molar-refractivity contribution in [3.63, 3.8) is 0 Å². The van der Waals surface area contributed by atoms with E-state index in [0.29, 0.717) is 19.3 Å². The smallest absolute Gasteiger partial charge is 0.550 e. The molecule has 0 aromatic carbocycles. The molecule has 0 aliphatic carbocycles. The van der Waals surface area contributed by atoms with E-state index in [1.54, 1.807) is 0 Å². The fourth-order valence-corrected chi connectivity index (χ4v) is 7.95. The van der Waals surface area contributed by atoms with Crippen molar-refractivity contribution < 1.29 is 45.0 Å². The van der Waals surface area contributed by atoms with Gasteiger partial charge in [0, 0.05) is 17.9 Å². The first-order valence-electron chi connectivity index (χ1n) is 27.1. The summed E-state index contributed by atoms with van der Waals surface area (Å²) in [7, 11) is 0. The molecular weight excluding hydrogens is 820 g/mol. The minimum atomic E-state index is -1.07. The minimum absolute atomic E-state index is 0. The van der Waals surface area contributed by atoms with Gasteiger partial charge in [-0.05, 0) is 57.8 Å². The van der Waals surface area contributed by atoms with Crippen LogP contribution in [-0.4, -0.2) is 68.9 Å². The van der Waals surface area contributed by atoms with E-state index in [2.05, 4.69) is 20.8 Å². The number of aliphatic hydroxyl groups excluding tert-OH is 3. The van der Waals surface area contributed by atoms with Crippen LogP contribution in [0, 0.1) is 0 Å². The van der Waals surface area contributed by atoms with Crippen molar-refractivity contribution in [1.29, 1.82) is 0 Å². The Hall–Kier alpha value is -1.18. The van der Waals surface area contributed by atoms with E-state index in [1.165, 1.54) is 193 Å². The van der Waals surface area contributed by atoms with Crippen molar-refractivity contribution in [1.82, 2.24) is 0 Å². The van der Waals surface area contributed by atoms with Gasteiger partial charge in [-0.25, -0.2) is 0 Å². The molecule has 0 amide bonds. The molecule has 0 radical (unpaired) electrons. The number of aliphatic hydroxyl groups is 3. The Labute approximate surface area is 406 Å². The summed E-state index contributed by atoms with van der Waals surface area (Å²) >= 11 is 0. The zero-order valence-electron chi connectivity index (χ0n) is 42.4. The maximum absolute atomic E-state index is 10.3. The van der Waals surface area contributed by atoms with E-state index in [4.69, 9.17) is 0 Å². The molecular formula is C54H105AlO9. The van der Waals surface area contributed by atoms with Gasteiger partial charge in [-0.3, -0.25) is 0 Å². The second-order valence-corrected chi connectivity index (χ2v) is 18.7. The molecule has 0 spiro atoms. The topological polar surface area (TPSA) is 181 Å². The molecule has 378 valence electrons. The number of unbranched alkanes of at least 4 members (excludes halogenated alkanes) is 33. The van der Waals surface area contributed by atoms with Crippen molar-refractivity contribution in [2.75, 3.05) is 0 Å². The Bertz CT molecular complexity index is 807. The zero-order chi connectivity index (χ0) is 47.3. The van der Waals surface area contributed by atoms with Crippen LogP contribution in [0.2, 0.25) is 0 Å². The average Bonchev–Trinajstić information content (AvgIpc) is 3.25. The zero-order valence-corrected chi connectivity index (χ0v) is 43.6. The van der Waals surface area contributed by atoms with Gasteiger partial charge < -0.3 is 45.0 Å². The second kappa shape index (κ2) is 59.8. The molecule has 0 saturated carbocycles. The summed E-state index contributed by atoms with van der Waals surface area (Å²) in [5.74, 6) is -3.20. The normalized spacial score (nSPS) is 12.3. The fourth-order valence-electron chi connectivity index (χ4n) is 7.95. The Morgan fingerprint density at radius 3 is 0.562 bits per heavy atom. The number of carbonyl (C=O) groups excluding carboxylic acids is 3. The molecule has 0 bridgehead atoms. The van der Waals surface area contributed by atoms with Gasteiger partial charge in [-0.1, -0.05) is 252 Å². The van der Waals surface area contributed by atoms with Crippen LogP contribution in [0.5, 0.6) is 0 Å². The molecule has 64 heavy (non-hydrogen) atoms. The first kappa shape index (κ1) is 69.4. The van der Waals surface area contributed by atoms with Crippen LogP contribution in [0.15, 0.2) is 0 Å². The van der Waals surface area contributed by atoms with Gasteiger partial charge in [0.2, 0.25) is 0 Å². The van der Waals surface area contributed by atoms with Crippen LogP contribution in [0.4, 0.5) is 0 Å². The van der Waals surface area contributed by atoms with Crippen molar-refractivity contribution in [2.45, 2.75) is 328 Å². The van der Waals surface area contributed by atoms with Gasteiger partial charge in [-0.2, -0.15) is 0 Å². The standard InChI is InChI=1S/3C18H36O3.Al/c3*1-2-3-4-5-6-7-8-9-10-11-12-13-14-17(19)15-16-18(20)21;/h3*17,19H,2-16H2,1H3,(H,20,21);/q;;;+3/p-3. The van der Waals surface area contributed by atoms with E-state index in [9.17, 15) is 45.0 Å². The maximum Gasteiger partial charge on any atom is 3.00 e. The number of hydrogen-bond acceptors (Lipinski definition) is 9. The molecule has 0 saturated heterocycles. The Morgan fingerprint density at radius 2 is 0.422 bits per heavy atom. The summed E-state index contributed by atoms with van der Waals surface area (Å²) in [4.78, 5) is 30.8. The third-order valence-corrected chi connectivity index (χ3v) is 12.2. The molecule has 0 fully saturated rings. The monoisotopic (exact) mass is 925 g/mol. The molecule has 3 unspecified atom stereocenters. The van der Waals surface area contributed by atoms with Crippen molar-refractivity contribution in [3.05, 3.63) is 0 Å². The first-order valence-corrected chi connectivity index (χ1v) is 27.1. The first-order chi connectivity index (χ1) is 30.5. The predicted molar refractivity (Wildman–Crippen MR) is 264 cm³/mol. The number of aliphatic carboxylic acids is 3. The number of carboxylic acids is 3. The summed E-state index contributed by atoms with van der Waals surface area (Å²) in [5.41, 5.74) is 0. The molecule has 0 aromatic rings. The summed E-state index contributed by atoms with van der Waals surface area (Å²) in [6, 6.07) is 0.